The molecular formula is C20H21N3O3. The summed E-state index contributed by atoms with van der Waals surface area (Å²) in [6.07, 6.45) is 0.0448. The lowest BCUT2D eigenvalue weighted by Crippen LogP contribution is -2.30. The number of nitrogens with zero attached hydrogens (tertiary/aromatic N) is 1. The molecule has 2 aromatic carbocycles. The molecule has 0 bridgehead atoms. The van der Waals surface area contributed by atoms with Crippen LogP contribution in [0.25, 0.3) is 0 Å². The van der Waals surface area contributed by atoms with E-state index in [0.29, 0.717) is 29.1 Å². The van der Waals surface area contributed by atoms with Crippen molar-refractivity contribution in [2.24, 2.45) is 0 Å². The monoisotopic (exact) mass is 351 g/mol. The molecule has 0 saturated heterocycles. The van der Waals surface area contributed by atoms with Crippen LogP contribution < -0.4 is 15.4 Å². The van der Waals surface area contributed by atoms with E-state index in [1.54, 1.807) is 55.5 Å². The Bertz CT molecular complexity index is 827. The molecule has 2 rings (SSSR count). The number of amides is 2. The van der Waals surface area contributed by atoms with Gasteiger partial charge < -0.3 is 15.4 Å². The highest BCUT2D eigenvalue weighted by atomic mass is 16.5. The summed E-state index contributed by atoms with van der Waals surface area (Å²) in [6.45, 7) is 4.17. The largest absolute Gasteiger partial charge is 0.480 e. The van der Waals surface area contributed by atoms with Gasteiger partial charge in [-0.15, -0.1) is 0 Å². The molecule has 0 aliphatic heterocycles. The molecule has 2 N–H and O–H groups in total. The van der Waals surface area contributed by atoms with Crippen molar-refractivity contribution in [1.82, 2.24) is 5.32 Å². The van der Waals surface area contributed by atoms with E-state index >= 15 is 0 Å². The fourth-order valence-electron chi connectivity index (χ4n) is 2.23. The third-order valence-electron chi connectivity index (χ3n) is 3.61. The molecule has 2 amide bonds. The van der Waals surface area contributed by atoms with Gasteiger partial charge in [-0.1, -0.05) is 25.1 Å². The first-order chi connectivity index (χ1) is 12.5. The van der Waals surface area contributed by atoms with Crippen molar-refractivity contribution < 1.29 is 14.3 Å². The molecule has 6 nitrogen and oxygen atoms in total. The average molecular weight is 351 g/mol. The summed E-state index contributed by atoms with van der Waals surface area (Å²) in [4.78, 5) is 24.4. The molecule has 0 aliphatic carbocycles. The van der Waals surface area contributed by atoms with E-state index in [2.05, 4.69) is 10.6 Å². The minimum Gasteiger partial charge on any atom is -0.480 e. The first kappa shape index (κ1) is 19.0. The number of hydrogen-bond donors (Lipinski definition) is 2. The summed E-state index contributed by atoms with van der Waals surface area (Å²) in [5.41, 5.74) is 1.34. The lowest BCUT2D eigenvalue weighted by Gasteiger charge is -2.16. The maximum Gasteiger partial charge on any atom is 0.265 e. The number of carbonyl (C=O) groups excluding carboxylic acids is 2. The highest BCUT2D eigenvalue weighted by Gasteiger charge is 2.17. The number of nitrogens with one attached hydrogen (secondary N) is 2. The number of hydrogen-bond acceptors (Lipinski definition) is 4. The van der Waals surface area contributed by atoms with Gasteiger partial charge in [0, 0.05) is 17.8 Å². The van der Waals surface area contributed by atoms with Crippen molar-refractivity contribution in [2.45, 2.75) is 26.4 Å². The van der Waals surface area contributed by atoms with Gasteiger partial charge >= 0.3 is 0 Å². The number of benzene rings is 2. The SMILES string of the molecule is CCCNC(=O)c1cccc(NC(=O)C(C)Oc2ccccc2C#N)c1. The topological polar surface area (TPSA) is 91.2 Å². The Morgan fingerprint density at radius 1 is 1.19 bits per heavy atom. The molecule has 0 heterocycles. The Hall–Kier alpha value is -3.33. The Morgan fingerprint density at radius 2 is 1.96 bits per heavy atom. The minimum absolute atomic E-state index is 0.185. The highest BCUT2D eigenvalue weighted by Crippen LogP contribution is 2.19. The molecule has 0 fully saturated rings. The molecule has 0 radical (unpaired) electrons. The predicted octanol–water partition coefficient (Wildman–Crippen LogP) is 3.10. The lowest BCUT2D eigenvalue weighted by molar-refractivity contribution is -0.122. The zero-order valence-corrected chi connectivity index (χ0v) is 14.8. The molecular weight excluding hydrogens is 330 g/mol. The van der Waals surface area contributed by atoms with Gasteiger partial charge in [0.15, 0.2) is 6.10 Å². The molecule has 2 aromatic rings. The molecule has 134 valence electrons. The van der Waals surface area contributed by atoms with E-state index in [0.717, 1.165) is 6.42 Å². The van der Waals surface area contributed by atoms with Crippen LogP contribution in [0.5, 0.6) is 5.75 Å². The van der Waals surface area contributed by atoms with Crippen molar-refractivity contribution in [3.05, 3.63) is 59.7 Å². The van der Waals surface area contributed by atoms with Crippen molar-refractivity contribution >= 4 is 17.5 Å². The van der Waals surface area contributed by atoms with Crippen molar-refractivity contribution in [3.63, 3.8) is 0 Å². The third kappa shape index (κ3) is 5.08. The second-order valence-electron chi connectivity index (χ2n) is 5.69. The average Bonchev–Trinajstić information content (AvgIpc) is 2.66. The first-order valence-electron chi connectivity index (χ1n) is 8.40. The second-order valence-corrected chi connectivity index (χ2v) is 5.69. The standard InChI is InChI=1S/C20H21N3O3/c1-3-11-22-20(25)15-8-6-9-17(12-15)23-19(24)14(2)26-18-10-5-4-7-16(18)13-21/h4-10,12,14H,3,11H2,1-2H3,(H,22,25)(H,23,24). The van der Waals surface area contributed by atoms with Gasteiger partial charge in [0.2, 0.25) is 0 Å². The molecule has 0 aromatic heterocycles. The van der Waals surface area contributed by atoms with Gasteiger partial charge in [-0.2, -0.15) is 5.26 Å². The van der Waals surface area contributed by atoms with Crippen molar-refractivity contribution in [1.29, 1.82) is 5.26 Å². The Kier molecular flexibility index (Phi) is 6.75. The number of anilines is 1. The van der Waals surface area contributed by atoms with Gasteiger partial charge in [-0.25, -0.2) is 0 Å². The van der Waals surface area contributed by atoms with Crippen LogP contribution in [-0.2, 0) is 4.79 Å². The number of ether oxygens (including phenoxy) is 1. The normalized spacial score (nSPS) is 11.1. The lowest BCUT2D eigenvalue weighted by atomic mass is 10.2. The van der Waals surface area contributed by atoms with Gasteiger partial charge in [0.1, 0.15) is 11.8 Å². The predicted molar refractivity (Wildman–Crippen MR) is 98.9 cm³/mol. The molecule has 26 heavy (non-hydrogen) atoms. The van der Waals surface area contributed by atoms with Gasteiger partial charge in [0.25, 0.3) is 11.8 Å². The number of rotatable bonds is 7. The van der Waals surface area contributed by atoms with E-state index in [1.165, 1.54) is 0 Å². The maximum absolute atomic E-state index is 12.4. The van der Waals surface area contributed by atoms with E-state index in [4.69, 9.17) is 10.00 Å². The highest BCUT2D eigenvalue weighted by molar-refractivity contribution is 5.98. The quantitative estimate of drug-likeness (QED) is 0.802. The Morgan fingerprint density at radius 3 is 2.69 bits per heavy atom. The van der Waals surface area contributed by atoms with Crippen LogP contribution in [0, 0.1) is 11.3 Å². The van der Waals surface area contributed by atoms with Crippen LogP contribution in [0.2, 0.25) is 0 Å². The molecule has 1 atom stereocenters. The van der Waals surface area contributed by atoms with Crippen LogP contribution in [0.15, 0.2) is 48.5 Å². The van der Waals surface area contributed by atoms with Gasteiger partial charge in [-0.05, 0) is 43.7 Å². The van der Waals surface area contributed by atoms with E-state index in [1.807, 2.05) is 13.0 Å². The molecule has 0 aliphatic rings. The van der Waals surface area contributed by atoms with Crippen LogP contribution in [-0.4, -0.2) is 24.5 Å². The fourth-order valence-corrected chi connectivity index (χ4v) is 2.23. The Labute approximate surface area is 152 Å². The number of para-hydroxylation sites is 1. The zero-order valence-electron chi connectivity index (χ0n) is 14.8. The molecule has 0 spiro atoms. The number of nitriles is 1. The zero-order chi connectivity index (χ0) is 18.9. The van der Waals surface area contributed by atoms with E-state index in [9.17, 15) is 9.59 Å². The van der Waals surface area contributed by atoms with Crippen molar-refractivity contribution in [3.8, 4) is 11.8 Å². The van der Waals surface area contributed by atoms with E-state index in [-0.39, 0.29) is 11.8 Å². The third-order valence-corrected chi connectivity index (χ3v) is 3.61. The van der Waals surface area contributed by atoms with Crippen LogP contribution in [0.4, 0.5) is 5.69 Å². The first-order valence-corrected chi connectivity index (χ1v) is 8.40. The smallest absolute Gasteiger partial charge is 0.265 e. The van der Waals surface area contributed by atoms with E-state index < -0.39 is 6.10 Å². The summed E-state index contributed by atoms with van der Waals surface area (Å²) >= 11 is 0. The summed E-state index contributed by atoms with van der Waals surface area (Å²) in [6, 6.07) is 15.4. The maximum atomic E-state index is 12.4. The van der Waals surface area contributed by atoms with Gasteiger partial charge in [-0.3, -0.25) is 9.59 Å². The summed E-state index contributed by atoms with van der Waals surface area (Å²) in [5, 5.41) is 14.6. The van der Waals surface area contributed by atoms with Gasteiger partial charge in [0.05, 0.1) is 5.56 Å². The van der Waals surface area contributed by atoms with Crippen LogP contribution in [0.1, 0.15) is 36.2 Å². The summed E-state index contributed by atoms with van der Waals surface area (Å²) in [7, 11) is 0. The van der Waals surface area contributed by atoms with Crippen molar-refractivity contribution in [2.75, 3.05) is 11.9 Å². The Balaban J connectivity index is 2.03. The fraction of sp³-hybridized carbons (Fsp3) is 0.250. The second kappa shape index (κ2) is 9.23. The molecule has 0 saturated carbocycles. The summed E-state index contributed by atoms with van der Waals surface area (Å²) < 4.78 is 5.59. The van der Waals surface area contributed by atoms with Crippen LogP contribution >= 0.6 is 0 Å². The summed E-state index contributed by atoms with van der Waals surface area (Å²) in [5.74, 6) is -0.204. The number of carbonyl (C=O) groups is 2. The molecule has 1 unspecified atom stereocenters. The minimum atomic E-state index is -0.804. The molecule has 6 heteroatoms. The van der Waals surface area contributed by atoms with Crippen LogP contribution in [0.3, 0.4) is 0 Å².